The SMILES string of the molecule is CCCN1c2cc(Cl)c(/C=C3/SC(=O)N(CC(=O)Nc4ccc(C)cc4C)C3=O)cc2C(C)=CC1(C)C. The molecule has 4 rings (SSSR count). The highest BCUT2D eigenvalue weighted by Gasteiger charge is 2.37. The van der Waals surface area contributed by atoms with E-state index in [2.05, 4.69) is 44.0 Å². The standard InChI is InChI=1S/C29H32ClN3O3S/c1-7-10-33-24-14-22(30)20(12-21(24)19(4)15-29(33,5)6)13-25-27(35)32(28(36)37-25)16-26(34)31-23-9-8-17(2)11-18(23)3/h8-9,11-15H,7,10,16H2,1-6H3,(H,31,34)/b25-13+. The van der Waals surface area contributed by atoms with Crippen molar-refractivity contribution in [3.8, 4) is 0 Å². The minimum absolute atomic E-state index is 0.141. The van der Waals surface area contributed by atoms with Crippen LogP contribution in [0.2, 0.25) is 5.02 Å². The first-order valence-corrected chi connectivity index (χ1v) is 13.5. The quantitative estimate of drug-likeness (QED) is 0.400. The highest BCUT2D eigenvalue weighted by atomic mass is 35.5. The van der Waals surface area contributed by atoms with Crippen LogP contribution in [0, 0.1) is 13.8 Å². The van der Waals surface area contributed by atoms with Crippen molar-refractivity contribution in [2.24, 2.45) is 0 Å². The lowest BCUT2D eigenvalue weighted by Crippen LogP contribution is -2.45. The van der Waals surface area contributed by atoms with Crippen LogP contribution in [0.15, 0.2) is 41.3 Å². The monoisotopic (exact) mass is 537 g/mol. The predicted molar refractivity (Wildman–Crippen MR) is 154 cm³/mol. The minimum Gasteiger partial charge on any atom is -0.362 e. The molecule has 2 heterocycles. The summed E-state index contributed by atoms with van der Waals surface area (Å²) >= 11 is 7.51. The lowest BCUT2D eigenvalue weighted by molar-refractivity contribution is -0.127. The number of nitrogens with zero attached hydrogens (tertiary/aromatic N) is 2. The van der Waals surface area contributed by atoms with Gasteiger partial charge in [0, 0.05) is 28.5 Å². The van der Waals surface area contributed by atoms with Gasteiger partial charge in [0.2, 0.25) is 5.91 Å². The van der Waals surface area contributed by atoms with Gasteiger partial charge in [0.1, 0.15) is 6.54 Å². The average Bonchev–Trinajstić information content (AvgIpc) is 3.06. The van der Waals surface area contributed by atoms with Crippen molar-refractivity contribution in [2.75, 3.05) is 23.3 Å². The van der Waals surface area contributed by atoms with Crippen molar-refractivity contribution in [3.63, 3.8) is 0 Å². The molecule has 2 aliphatic heterocycles. The zero-order chi connectivity index (χ0) is 27.1. The third kappa shape index (κ3) is 5.48. The fourth-order valence-electron chi connectivity index (χ4n) is 4.92. The van der Waals surface area contributed by atoms with Gasteiger partial charge in [0.05, 0.1) is 10.4 Å². The van der Waals surface area contributed by atoms with Crippen molar-refractivity contribution in [1.29, 1.82) is 0 Å². The Morgan fingerprint density at radius 2 is 1.86 bits per heavy atom. The maximum Gasteiger partial charge on any atom is 0.294 e. The van der Waals surface area contributed by atoms with Crippen molar-refractivity contribution in [3.05, 3.63) is 68.6 Å². The summed E-state index contributed by atoms with van der Waals surface area (Å²) in [6.45, 7) is 13.0. The number of thioether (sulfide) groups is 1. The van der Waals surface area contributed by atoms with Gasteiger partial charge in [-0.15, -0.1) is 0 Å². The van der Waals surface area contributed by atoms with Crippen LogP contribution in [0.5, 0.6) is 0 Å². The molecular formula is C29H32ClN3O3S. The van der Waals surface area contributed by atoms with Crippen LogP contribution in [0.1, 0.15) is 56.4 Å². The molecule has 0 aliphatic carbocycles. The van der Waals surface area contributed by atoms with Crippen molar-refractivity contribution in [1.82, 2.24) is 4.90 Å². The summed E-state index contributed by atoms with van der Waals surface area (Å²) in [4.78, 5) is 41.9. The first-order valence-electron chi connectivity index (χ1n) is 12.3. The molecular weight excluding hydrogens is 506 g/mol. The number of amides is 3. The van der Waals surface area contributed by atoms with E-state index in [0.29, 0.717) is 16.3 Å². The van der Waals surface area contributed by atoms with Gasteiger partial charge in [0.25, 0.3) is 11.1 Å². The summed E-state index contributed by atoms with van der Waals surface area (Å²) in [5.41, 5.74) is 6.42. The van der Waals surface area contributed by atoms with E-state index in [1.54, 1.807) is 6.08 Å². The lowest BCUT2D eigenvalue weighted by Gasteiger charge is -2.43. The number of benzene rings is 2. The molecule has 37 heavy (non-hydrogen) atoms. The molecule has 1 N–H and O–H groups in total. The highest BCUT2D eigenvalue weighted by molar-refractivity contribution is 8.18. The van der Waals surface area contributed by atoms with Gasteiger partial charge in [-0.3, -0.25) is 19.3 Å². The van der Waals surface area contributed by atoms with Crippen molar-refractivity contribution < 1.29 is 14.4 Å². The molecule has 1 fully saturated rings. The maximum absolute atomic E-state index is 13.1. The molecule has 0 unspecified atom stereocenters. The van der Waals surface area contributed by atoms with Gasteiger partial charge < -0.3 is 10.2 Å². The Morgan fingerprint density at radius 1 is 1.14 bits per heavy atom. The molecule has 3 amide bonds. The van der Waals surface area contributed by atoms with E-state index in [0.717, 1.165) is 57.6 Å². The zero-order valence-corrected chi connectivity index (χ0v) is 23.6. The Kier molecular flexibility index (Phi) is 7.58. The molecule has 0 atom stereocenters. The van der Waals surface area contributed by atoms with Gasteiger partial charge in [0.15, 0.2) is 0 Å². The molecule has 2 aromatic rings. The van der Waals surface area contributed by atoms with E-state index in [1.807, 2.05) is 44.2 Å². The largest absolute Gasteiger partial charge is 0.362 e. The number of hydrogen-bond donors (Lipinski definition) is 1. The highest BCUT2D eigenvalue weighted by Crippen LogP contribution is 2.43. The second-order valence-corrected chi connectivity index (χ2v) is 11.6. The van der Waals surface area contributed by atoms with E-state index in [9.17, 15) is 14.4 Å². The maximum atomic E-state index is 13.1. The summed E-state index contributed by atoms with van der Waals surface area (Å²) in [6.07, 6.45) is 4.89. The summed E-state index contributed by atoms with van der Waals surface area (Å²) in [5.74, 6) is -0.928. The van der Waals surface area contributed by atoms with Crippen molar-refractivity contribution in [2.45, 2.75) is 53.5 Å². The number of halogens is 1. The first-order chi connectivity index (χ1) is 17.4. The number of imide groups is 1. The number of anilines is 2. The second kappa shape index (κ2) is 10.4. The van der Waals surface area contributed by atoms with E-state index in [1.165, 1.54) is 0 Å². The normalized spacial score (nSPS) is 17.8. The first kappa shape index (κ1) is 27.0. The molecule has 0 saturated carbocycles. The van der Waals surface area contributed by atoms with Gasteiger partial charge in [-0.1, -0.05) is 42.3 Å². The van der Waals surface area contributed by atoms with Gasteiger partial charge in [-0.25, -0.2) is 0 Å². The van der Waals surface area contributed by atoms with E-state index in [4.69, 9.17) is 11.6 Å². The van der Waals surface area contributed by atoms with Crippen LogP contribution in [0.25, 0.3) is 11.6 Å². The Hall–Kier alpha value is -3.03. The summed E-state index contributed by atoms with van der Waals surface area (Å²) < 4.78 is 0. The number of carbonyl (C=O) groups excluding carboxylic acids is 3. The van der Waals surface area contributed by atoms with Crippen LogP contribution >= 0.6 is 23.4 Å². The van der Waals surface area contributed by atoms with E-state index >= 15 is 0 Å². The fourth-order valence-corrected chi connectivity index (χ4v) is 5.96. The molecule has 8 heteroatoms. The Labute approximate surface area is 227 Å². The Balaban J connectivity index is 1.57. The Morgan fingerprint density at radius 3 is 2.54 bits per heavy atom. The smallest absolute Gasteiger partial charge is 0.294 e. The van der Waals surface area contributed by atoms with Crippen LogP contribution in [-0.4, -0.2) is 40.6 Å². The number of nitrogens with one attached hydrogen (secondary N) is 1. The molecule has 6 nitrogen and oxygen atoms in total. The number of fused-ring (bicyclic) bond motifs is 1. The molecule has 0 aromatic heterocycles. The van der Waals surface area contributed by atoms with Crippen LogP contribution < -0.4 is 10.2 Å². The van der Waals surface area contributed by atoms with Gasteiger partial charge in [-0.2, -0.15) is 0 Å². The van der Waals surface area contributed by atoms with Gasteiger partial charge >= 0.3 is 0 Å². The molecule has 2 aromatic carbocycles. The predicted octanol–water partition coefficient (Wildman–Crippen LogP) is 7.04. The fraction of sp³-hybridized carbons (Fsp3) is 0.345. The summed E-state index contributed by atoms with van der Waals surface area (Å²) in [5, 5.41) is 2.82. The van der Waals surface area contributed by atoms with Crippen LogP contribution in [-0.2, 0) is 9.59 Å². The topological polar surface area (TPSA) is 69.7 Å². The summed E-state index contributed by atoms with van der Waals surface area (Å²) in [7, 11) is 0. The number of aryl methyl sites for hydroxylation is 2. The molecule has 194 valence electrons. The third-order valence-corrected chi connectivity index (χ3v) is 7.90. The third-order valence-electron chi connectivity index (χ3n) is 6.66. The molecule has 1 saturated heterocycles. The minimum atomic E-state index is -0.499. The van der Waals surface area contributed by atoms with Gasteiger partial charge in [-0.05, 0) is 93.8 Å². The summed E-state index contributed by atoms with van der Waals surface area (Å²) in [6, 6.07) is 9.58. The van der Waals surface area contributed by atoms with Crippen LogP contribution in [0.4, 0.5) is 16.2 Å². The lowest BCUT2D eigenvalue weighted by atomic mass is 9.87. The zero-order valence-electron chi connectivity index (χ0n) is 22.1. The molecule has 2 aliphatic rings. The van der Waals surface area contributed by atoms with E-state index in [-0.39, 0.29) is 17.0 Å². The number of hydrogen-bond acceptors (Lipinski definition) is 5. The average molecular weight is 538 g/mol. The molecule has 0 bridgehead atoms. The second-order valence-electron chi connectivity index (χ2n) is 10.2. The molecule has 0 spiro atoms. The Bertz CT molecular complexity index is 1360. The van der Waals surface area contributed by atoms with Crippen molar-refractivity contribution >= 4 is 63.4 Å². The number of rotatable bonds is 6. The number of carbonyl (C=O) groups is 3. The molecule has 0 radical (unpaired) electrons. The van der Waals surface area contributed by atoms with Crippen LogP contribution in [0.3, 0.4) is 0 Å². The van der Waals surface area contributed by atoms with E-state index < -0.39 is 17.1 Å². The number of allylic oxidation sites excluding steroid dienone is 1.